The van der Waals surface area contributed by atoms with E-state index in [1.54, 1.807) is 0 Å². The van der Waals surface area contributed by atoms with Crippen LogP contribution in [0.25, 0.3) is 0 Å². The fraction of sp³-hybridized carbons (Fsp3) is 0.533. The number of hydrogen-bond donors (Lipinski definition) is 1. The van der Waals surface area contributed by atoms with Gasteiger partial charge < -0.3 is 10.1 Å². The quantitative estimate of drug-likeness (QED) is 0.916. The first-order valence-electron chi connectivity index (χ1n) is 7.12. The van der Waals surface area contributed by atoms with E-state index in [1.807, 2.05) is 24.3 Å². The maximum absolute atomic E-state index is 12.1. The van der Waals surface area contributed by atoms with Crippen LogP contribution in [0, 0.1) is 0 Å². The van der Waals surface area contributed by atoms with Gasteiger partial charge in [0.05, 0.1) is 18.3 Å². The Labute approximate surface area is 127 Å². The normalized spacial score (nSPS) is 26.2. The fourth-order valence-electron chi connectivity index (χ4n) is 2.96. The molecule has 2 saturated heterocycles. The molecule has 0 bridgehead atoms. The van der Waals surface area contributed by atoms with Crippen molar-refractivity contribution in [2.45, 2.75) is 25.0 Å². The predicted octanol–water partition coefficient (Wildman–Crippen LogP) is 2.04. The van der Waals surface area contributed by atoms with Crippen LogP contribution in [0.1, 0.15) is 23.2 Å². The average molecular weight is 339 g/mol. The summed E-state index contributed by atoms with van der Waals surface area (Å²) in [7, 11) is 0. The third-order valence-electron chi connectivity index (χ3n) is 4.07. The zero-order chi connectivity index (χ0) is 13.9. The summed E-state index contributed by atoms with van der Waals surface area (Å²) in [5.41, 5.74) is 0.669. The number of ether oxygens (including phenoxy) is 1. The first-order chi connectivity index (χ1) is 9.74. The summed E-state index contributed by atoms with van der Waals surface area (Å²) in [6.45, 7) is 3.47. The highest BCUT2D eigenvalue weighted by Crippen LogP contribution is 2.22. The minimum Gasteiger partial charge on any atom is -0.373 e. The smallest absolute Gasteiger partial charge is 0.252 e. The second-order valence-electron chi connectivity index (χ2n) is 5.44. The number of morpholine rings is 1. The Morgan fingerprint density at radius 2 is 2.30 bits per heavy atom. The second-order valence-corrected chi connectivity index (χ2v) is 6.29. The van der Waals surface area contributed by atoms with Crippen molar-refractivity contribution in [3.63, 3.8) is 0 Å². The van der Waals surface area contributed by atoms with Crippen molar-refractivity contribution in [2.75, 3.05) is 26.2 Å². The van der Waals surface area contributed by atoms with Gasteiger partial charge in [0.2, 0.25) is 0 Å². The van der Waals surface area contributed by atoms with E-state index in [9.17, 15) is 4.79 Å². The Balaban J connectivity index is 1.52. The first kappa shape index (κ1) is 14.0. The molecule has 0 unspecified atom stereocenters. The molecular weight excluding hydrogens is 320 g/mol. The topological polar surface area (TPSA) is 41.6 Å². The van der Waals surface area contributed by atoms with E-state index >= 15 is 0 Å². The molecule has 1 amide bonds. The van der Waals surface area contributed by atoms with E-state index in [0.717, 1.165) is 17.6 Å². The summed E-state index contributed by atoms with van der Waals surface area (Å²) >= 11 is 3.40. The summed E-state index contributed by atoms with van der Waals surface area (Å²) in [5, 5.41) is 2.97. The summed E-state index contributed by atoms with van der Waals surface area (Å²) in [4.78, 5) is 14.6. The lowest BCUT2D eigenvalue weighted by Gasteiger charge is -2.35. The molecule has 3 rings (SSSR count). The van der Waals surface area contributed by atoms with E-state index in [2.05, 4.69) is 26.1 Å². The molecule has 2 aliphatic rings. The van der Waals surface area contributed by atoms with Crippen molar-refractivity contribution >= 4 is 21.8 Å². The second kappa shape index (κ2) is 6.24. The van der Waals surface area contributed by atoms with E-state index in [0.29, 0.717) is 18.2 Å². The standard InChI is InChI=1S/C15H19BrN2O2/c16-14-6-2-1-5-13(14)15(19)17-8-12-9-18-7-3-4-11(18)10-20-12/h1-2,5-6,11-12H,3-4,7-10H2,(H,17,19)/t11-,12-/m1/s1. The van der Waals surface area contributed by atoms with Crippen molar-refractivity contribution in [1.29, 1.82) is 0 Å². The van der Waals surface area contributed by atoms with Gasteiger partial charge in [0, 0.05) is 23.6 Å². The maximum Gasteiger partial charge on any atom is 0.252 e. The zero-order valence-electron chi connectivity index (χ0n) is 11.3. The summed E-state index contributed by atoms with van der Waals surface area (Å²) in [6.07, 6.45) is 2.62. The third kappa shape index (κ3) is 3.05. The van der Waals surface area contributed by atoms with Crippen LogP contribution in [-0.4, -0.2) is 49.2 Å². The Bertz CT molecular complexity index is 495. The molecule has 2 atom stereocenters. The van der Waals surface area contributed by atoms with Crippen molar-refractivity contribution in [2.24, 2.45) is 0 Å². The highest BCUT2D eigenvalue weighted by molar-refractivity contribution is 9.10. The van der Waals surface area contributed by atoms with Gasteiger partial charge in [-0.15, -0.1) is 0 Å². The van der Waals surface area contributed by atoms with Gasteiger partial charge in [0.15, 0.2) is 0 Å². The van der Waals surface area contributed by atoms with Crippen molar-refractivity contribution in [3.8, 4) is 0 Å². The number of hydrogen-bond acceptors (Lipinski definition) is 3. The van der Waals surface area contributed by atoms with Gasteiger partial charge in [-0.3, -0.25) is 9.69 Å². The van der Waals surface area contributed by atoms with E-state index in [-0.39, 0.29) is 12.0 Å². The molecule has 1 aromatic rings. The molecule has 1 N–H and O–H groups in total. The molecule has 0 aliphatic carbocycles. The number of amides is 1. The number of benzene rings is 1. The molecule has 2 aliphatic heterocycles. The molecule has 0 saturated carbocycles. The minimum atomic E-state index is -0.0513. The molecule has 0 radical (unpaired) electrons. The number of carbonyl (C=O) groups excluding carboxylic acids is 1. The molecule has 5 heteroatoms. The first-order valence-corrected chi connectivity index (χ1v) is 7.92. The van der Waals surface area contributed by atoms with Gasteiger partial charge in [0.25, 0.3) is 5.91 Å². The summed E-state index contributed by atoms with van der Waals surface area (Å²) in [6, 6.07) is 8.06. The largest absolute Gasteiger partial charge is 0.373 e. The summed E-state index contributed by atoms with van der Waals surface area (Å²) in [5.74, 6) is -0.0513. The van der Waals surface area contributed by atoms with Gasteiger partial charge in [-0.2, -0.15) is 0 Å². The van der Waals surface area contributed by atoms with Gasteiger partial charge in [-0.25, -0.2) is 0 Å². The lowest BCUT2D eigenvalue weighted by molar-refractivity contribution is -0.0461. The van der Waals surface area contributed by atoms with Crippen LogP contribution in [0.2, 0.25) is 0 Å². The number of fused-ring (bicyclic) bond motifs is 1. The summed E-state index contributed by atoms with van der Waals surface area (Å²) < 4.78 is 6.66. The monoisotopic (exact) mass is 338 g/mol. The van der Waals surface area contributed by atoms with Gasteiger partial charge in [0.1, 0.15) is 0 Å². The van der Waals surface area contributed by atoms with E-state index in [1.165, 1.54) is 19.4 Å². The Morgan fingerprint density at radius 3 is 3.15 bits per heavy atom. The molecule has 0 aromatic heterocycles. The van der Waals surface area contributed by atoms with Crippen LogP contribution in [0.3, 0.4) is 0 Å². The van der Waals surface area contributed by atoms with Crippen LogP contribution < -0.4 is 5.32 Å². The highest BCUT2D eigenvalue weighted by Gasteiger charge is 2.32. The predicted molar refractivity (Wildman–Crippen MR) is 80.8 cm³/mol. The third-order valence-corrected chi connectivity index (χ3v) is 4.76. The van der Waals surface area contributed by atoms with Crippen LogP contribution in [-0.2, 0) is 4.74 Å². The number of carbonyl (C=O) groups is 1. The van der Waals surface area contributed by atoms with Crippen LogP contribution in [0.4, 0.5) is 0 Å². The maximum atomic E-state index is 12.1. The fourth-order valence-corrected chi connectivity index (χ4v) is 3.42. The molecule has 0 spiro atoms. The van der Waals surface area contributed by atoms with Gasteiger partial charge >= 0.3 is 0 Å². The van der Waals surface area contributed by atoms with Crippen molar-refractivity contribution in [3.05, 3.63) is 34.3 Å². The Morgan fingerprint density at radius 1 is 1.45 bits per heavy atom. The van der Waals surface area contributed by atoms with Gasteiger partial charge in [-0.1, -0.05) is 12.1 Å². The number of halogens is 1. The molecule has 4 nitrogen and oxygen atoms in total. The molecule has 2 heterocycles. The average Bonchev–Trinajstić information content (AvgIpc) is 2.92. The lowest BCUT2D eigenvalue weighted by atomic mass is 10.1. The van der Waals surface area contributed by atoms with E-state index in [4.69, 9.17) is 4.74 Å². The molecule has 20 heavy (non-hydrogen) atoms. The number of nitrogens with one attached hydrogen (secondary N) is 1. The lowest BCUT2D eigenvalue weighted by Crippen LogP contribution is -2.50. The Hall–Kier alpha value is -0.910. The molecular formula is C15H19BrN2O2. The number of nitrogens with zero attached hydrogens (tertiary/aromatic N) is 1. The highest BCUT2D eigenvalue weighted by atomic mass is 79.9. The SMILES string of the molecule is O=C(NC[C@@H]1CN2CCC[C@@H]2CO1)c1ccccc1Br. The molecule has 108 valence electrons. The van der Waals surface area contributed by atoms with Crippen LogP contribution in [0.5, 0.6) is 0 Å². The van der Waals surface area contributed by atoms with Crippen LogP contribution in [0.15, 0.2) is 28.7 Å². The Kier molecular flexibility index (Phi) is 4.38. The van der Waals surface area contributed by atoms with Crippen molar-refractivity contribution in [1.82, 2.24) is 10.2 Å². The van der Waals surface area contributed by atoms with Crippen molar-refractivity contribution < 1.29 is 9.53 Å². The molecule has 1 aromatic carbocycles. The molecule has 2 fully saturated rings. The van der Waals surface area contributed by atoms with Crippen LogP contribution >= 0.6 is 15.9 Å². The van der Waals surface area contributed by atoms with E-state index < -0.39 is 0 Å². The van der Waals surface area contributed by atoms with Gasteiger partial charge in [-0.05, 0) is 47.4 Å². The zero-order valence-corrected chi connectivity index (χ0v) is 12.9. The number of rotatable bonds is 3. The minimum absolute atomic E-state index is 0.0513.